The summed E-state index contributed by atoms with van der Waals surface area (Å²) in [5.74, 6) is 0. The Morgan fingerprint density at radius 3 is 2.26 bits per heavy atom. The summed E-state index contributed by atoms with van der Waals surface area (Å²) in [6.07, 6.45) is 0.323. The van der Waals surface area contributed by atoms with Crippen molar-refractivity contribution in [3.05, 3.63) is 78.4 Å². The van der Waals surface area contributed by atoms with Crippen LogP contribution in [-0.4, -0.2) is 44.2 Å². The molecule has 0 bridgehead atoms. The molecular weight excluding hydrogens is 414 g/mol. The number of sulfonamides is 1. The van der Waals surface area contributed by atoms with Gasteiger partial charge in [-0.3, -0.25) is 4.72 Å². The molecule has 0 aliphatic heterocycles. The molecule has 1 atom stereocenters. The summed E-state index contributed by atoms with van der Waals surface area (Å²) in [7, 11) is -3.36. The standard InChI is InChI=1S/C23H25N3O4S/c1-31(28,29)25-18-8-6-7-17(15-18)23(27)16-24-13-14-30-26-21-11-4-2-9-19(21)20-10-3-5-12-22(20)26/h2-12,15,23-25,27H,13-14,16H2,1H3. The summed E-state index contributed by atoms with van der Waals surface area (Å²) >= 11 is 0. The van der Waals surface area contributed by atoms with Gasteiger partial charge in [0.2, 0.25) is 10.0 Å². The maximum absolute atomic E-state index is 11.4. The maximum atomic E-state index is 11.4. The minimum absolute atomic E-state index is 0.318. The van der Waals surface area contributed by atoms with Gasteiger partial charge in [0, 0.05) is 29.5 Å². The van der Waals surface area contributed by atoms with E-state index in [-0.39, 0.29) is 0 Å². The van der Waals surface area contributed by atoms with Crippen molar-refractivity contribution < 1.29 is 18.4 Å². The Labute approximate surface area is 181 Å². The first-order valence-corrected chi connectivity index (χ1v) is 11.9. The minimum atomic E-state index is -3.36. The predicted molar refractivity (Wildman–Crippen MR) is 124 cm³/mol. The Morgan fingerprint density at radius 1 is 0.968 bits per heavy atom. The molecule has 0 aliphatic rings. The third kappa shape index (κ3) is 4.99. The Bertz CT molecular complexity index is 1250. The van der Waals surface area contributed by atoms with Gasteiger partial charge in [-0.25, -0.2) is 8.42 Å². The molecule has 162 valence electrons. The van der Waals surface area contributed by atoms with Crippen LogP contribution in [0.1, 0.15) is 11.7 Å². The lowest BCUT2D eigenvalue weighted by Gasteiger charge is -2.15. The van der Waals surface area contributed by atoms with Gasteiger partial charge in [-0.05, 0) is 29.8 Å². The highest BCUT2D eigenvalue weighted by Gasteiger charge is 2.11. The maximum Gasteiger partial charge on any atom is 0.229 e. The number of hydrogen-bond acceptors (Lipinski definition) is 5. The summed E-state index contributed by atoms with van der Waals surface area (Å²) in [5.41, 5.74) is 3.08. The molecule has 0 radical (unpaired) electrons. The molecule has 4 aromatic rings. The first kappa shape index (κ1) is 21.2. The molecule has 3 aromatic carbocycles. The Morgan fingerprint density at radius 2 is 1.61 bits per heavy atom. The molecule has 3 N–H and O–H groups in total. The summed E-state index contributed by atoms with van der Waals surface area (Å²) in [4.78, 5) is 6.03. The van der Waals surface area contributed by atoms with Crippen molar-refractivity contribution in [2.24, 2.45) is 0 Å². The molecule has 0 saturated carbocycles. The van der Waals surface area contributed by atoms with E-state index in [1.165, 1.54) is 0 Å². The molecule has 31 heavy (non-hydrogen) atoms. The van der Waals surface area contributed by atoms with Crippen LogP contribution in [-0.2, 0) is 10.0 Å². The topological polar surface area (TPSA) is 92.6 Å². The molecule has 0 amide bonds. The van der Waals surface area contributed by atoms with E-state index in [4.69, 9.17) is 4.84 Å². The fraction of sp³-hybridized carbons (Fsp3) is 0.217. The van der Waals surface area contributed by atoms with Crippen molar-refractivity contribution in [3.63, 3.8) is 0 Å². The number of fused-ring (bicyclic) bond motifs is 3. The number of benzene rings is 3. The number of anilines is 1. The number of aromatic nitrogens is 1. The number of aliphatic hydroxyl groups excluding tert-OH is 1. The highest BCUT2D eigenvalue weighted by Crippen LogP contribution is 2.27. The lowest BCUT2D eigenvalue weighted by molar-refractivity contribution is 0.124. The summed E-state index contributed by atoms with van der Waals surface area (Å²) < 4.78 is 27.0. The Hall–Kier alpha value is -3.07. The smallest absolute Gasteiger partial charge is 0.229 e. The molecule has 1 unspecified atom stereocenters. The fourth-order valence-corrected chi connectivity index (χ4v) is 4.17. The van der Waals surface area contributed by atoms with Crippen LogP contribution < -0.4 is 14.9 Å². The Kier molecular flexibility index (Phi) is 6.13. The van der Waals surface area contributed by atoms with E-state index in [2.05, 4.69) is 22.2 Å². The SMILES string of the molecule is CS(=O)(=O)Nc1cccc(C(O)CNCCOn2c3ccccc3c3ccccc32)c1. The van der Waals surface area contributed by atoms with E-state index in [0.29, 0.717) is 30.9 Å². The molecule has 1 heterocycles. The lowest BCUT2D eigenvalue weighted by atomic mass is 10.1. The Balaban J connectivity index is 1.34. The van der Waals surface area contributed by atoms with Crippen LogP contribution in [0.3, 0.4) is 0 Å². The molecule has 0 fully saturated rings. The van der Waals surface area contributed by atoms with Crippen molar-refractivity contribution in [2.75, 3.05) is 30.7 Å². The van der Waals surface area contributed by atoms with Crippen LogP contribution in [0.25, 0.3) is 21.8 Å². The third-order valence-corrected chi connectivity index (χ3v) is 5.55. The van der Waals surface area contributed by atoms with Crippen molar-refractivity contribution in [3.8, 4) is 0 Å². The number of nitrogens with zero attached hydrogens (tertiary/aromatic N) is 1. The molecule has 8 heteroatoms. The second kappa shape index (κ2) is 8.97. The van der Waals surface area contributed by atoms with Crippen molar-refractivity contribution >= 4 is 37.5 Å². The van der Waals surface area contributed by atoms with E-state index >= 15 is 0 Å². The fourth-order valence-electron chi connectivity index (χ4n) is 3.62. The summed E-state index contributed by atoms with van der Waals surface area (Å²) in [5, 5.41) is 15.9. The number of rotatable bonds is 9. The second-order valence-electron chi connectivity index (χ2n) is 7.38. The molecule has 0 spiro atoms. The zero-order chi connectivity index (χ0) is 21.8. The second-order valence-corrected chi connectivity index (χ2v) is 9.13. The largest absolute Gasteiger partial charge is 0.412 e. The van der Waals surface area contributed by atoms with Gasteiger partial charge in [0.15, 0.2) is 0 Å². The third-order valence-electron chi connectivity index (χ3n) is 4.95. The van der Waals surface area contributed by atoms with Crippen LogP contribution in [0.5, 0.6) is 0 Å². The van der Waals surface area contributed by atoms with Gasteiger partial charge >= 0.3 is 0 Å². The van der Waals surface area contributed by atoms with E-state index in [0.717, 1.165) is 28.1 Å². The number of hydrogen-bond donors (Lipinski definition) is 3. The lowest BCUT2D eigenvalue weighted by Crippen LogP contribution is -2.28. The van der Waals surface area contributed by atoms with E-state index in [9.17, 15) is 13.5 Å². The van der Waals surface area contributed by atoms with Crippen LogP contribution in [0.4, 0.5) is 5.69 Å². The van der Waals surface area contributed by atoms with Crippen LogP contribution in [0, 0.1) is 0 Å². The van der Waals surface area contributed by atoms with Gasteiger partial charge in [0.05, 0.1) is 23.4 Å². The zero-order valence-corrected chi connectivity index (χ0v) is 18.0. The molecule has 7 nitrogen and oxygen atoms in total. The van der Waals surface area contributed by atoms with Gasteiger partial charge in [-0.1, -0.05) is 48.5 Å². The summed E-state index contributed by atoms with van der Waals surface area (Å²) in [6, 6.07) is 23.0. The van der Waals surface area contributed by atoms with E-state index in [1.54, 1.807) is 24.3 Å². The number of para-hydroxylation sites is 2. The quantitative estimate of drug-likeness (QED) is 0.349. The zero-order valence-electron chi connectivity index (χ0n) is 17.2. The van der Waals surface area contributed by atoms with Gasteiger partial charge in [-0.2, -0.15) is 4.73 Å². The minimum Gasteiger partial charge on any atom is -0.412 e. The average Bonchev–Trinajstić information content (AvgIpc) is 3.06. The van der Waals surface area contributed by atoms with Crippen LogP contribution in [0.2, 0.25) is 0 Å². The van der Waals surface area contributed by atoms with E-state index in [1.807, 2.05) is 41.1 Å². The molecular formula is C23H25N3O4S. The van der Waals surface area contributed by atoms with Gasteiger partial charge in [-0.15, -0.1) is 0 Å². The van der Waals surface area contributed by atoms with Gasteiger partial charge in [0.1, 0.15) is 6.61 Å². The monoisotopic (exact) mass is 439 g/mol. The molecule has 1 aromatic heterocycles. The predicted octanol–water partition coefficient (Wildman–Crippen LogP) is 2.92. The van der Waals surface area contributed by atoms with Crippen LogP contribution >= 0.6 is 0 Å². The molecule has 4 rings (SSSR count). The number of nitrogens with one attached hydrogen (secondary N) is 2. The first-order chi connectivity index (χ1) is 14.9. The van der Waals surface area contributed by atoms with E-state index < -0.39 is 16.1 Å². The highest BCUT2D eigenvalue weighted by molar-refractivity contribution is 7.92. The van der Waals surface area contributed by atoms with Crippen molar-refractivity contribution in [1.82, 2.24) is 10.0 Å². The van der Waals surface area contributed by atoms with Gasteiger partial charge < -0.3 is 15.3 Å². The molecule has 0 aliphatic carbocycles. The normalized spacial score (nSPS) is 12.8. The van der Waals surface area contributed by atoms with Crippen LogP contribution in [0.15, 0.2) is 72.8 Å². The molecule has 0 saturated heterocycles. The van der Waals surface area contributed by atoms with Crippen molar-refractivity contribution in [1.29, 1.82) is 0 Å². The average molecular weight is 440 g/mol. The summed E-state index contributed by atoms with van der Waals surface area (Å²) in [6.45, 7) is 1.28. The number of aliphatic hydroxyl groups is 1. The first-order valence-electron chi connectivity index (χ1n) is 10.0. The highest BCUT2D eigenvalue weighted by atomic mass is 32.2. The van der Waals surface area contributed by atoms with Crippen molar-refractivity contribution in [2.45, 2.75) is 6.10 Å². The van der Waals surface area contributed by atoms with Gasteiger partial charge in [0.25, 0.3) is 0 Å².